The third-order valence-electron chi connectivity index (χ3n) is 4.09. The molecule has 0 spiro atoms. The van der Waals surface area contributed by atoms with Crippen LogP contribution in [-0.2, 0) is 0 Å². The standard InChI is InChI=1S/C21H26N2O4/c1-5-6-12-17(15-10-8-7-9-11-15)22-23-21(24)16-13-18(25-2)20(27-4)19(14-16)26-3/h7-11,13-14H,5-6,12H2,1-4H3,(H,23,24)/b22-17-. The Kier molecular flexibility index (Phi) is 7.67. The van der Waals surface area contributed by atoms with Crippen LogP contribution in [0.2, 0.25) is 0 Å². The maximum absolute atomic E-state index is 12.6. The van der Waals surface area contributed by atoms with E-state index >= 15 is 0 Å². The number of carbonyl (C=O) groups is 1. The second kappa shape index (κ2) is 10.2. The van der Waals surface area contributed by atoms with Gasteiger partial charge in [-0.15, -0.1) is 0 Å². The van der Waals surface area contributed by atoms with Crippen molar-refractivity contribution in [2.75, 3.05) is 21.3 Å². The lowest BCUT2D eigenvalue weighted by molar-refractivity contribution is 0.0954. The van der Waals surface area contributed by atoms with E-state index in [-0.39, 0.29) is 5.91 Å². The number of methoxy groups -OCH3 is 3. The lowest BCUT2D eigenvalue weighted by Crippen LogP contribution is -2.20. The summed E-state index contributed by atoms with van der Waals surface area (Å²) in [4.78, 5) is 12.6. The second-order valence-corrected chi connectivity index (χ2v) is 5.88. The van der Waals surface area contributed by atoms with Crippen LogP contribution >= 0.6 is 0 Å². The van der Waals surface area contributed by atoms with Gasteiger partial charge in [-0.05, 0) is 30.5 Å². The second-order valence-electron chi connectivity index (χ2n) is 5.88. The normalized spacial score (nSPS) is 11.0. The lowest BCUT2D eigenvalue weighted by atomic mass is 10.1. The molecule has 0 aromatic heterocycles. The molecule has 0 aliphatic carbocycles. The van der Waals surface area contributed by atoms with E-state index < -0.39 is 0 Å². The van der Waals surface area contributed by atoms with Gasteiger partial charge in [-0.2, -0.15) is 5.10 Å². The van der Waals surface area contributed by atoms with E-state index in [1.807, 2.05) is 30.3 Å². The molecule has 0 saturated carbocycles. The summed E-state index contributed by atoms with van der Waals surface area (Å²) in [5, 5.41) is 4.37. The number of carbonyl (C=O) groups excluding carboxylic acids is 1. The highest BCUT2D eigenvalue weighted by Crippen LogP contribution is 2.38. The smallest absolute Gasteiger partial charge is 0.271 e. The summed E-state index contributed by atoms with van der Waals surface area (Å²) in [7, 11) is 4.54. The number of hydrogen-bond donors (Lipinski definition) is 1. The fourth-order valence-corrected chi connectivity index (χ4v) is 2.63. The number of hydrazone groups is 1. The number of benzene rings is 2. The zero-order valence-corrected chi connectivity index (χ0v) is 16.2. The number of rotatable bonds is 9. The molecule has 0 bridgehead atoms. The topological polar surface area (TPSA) is 69.2 Å². The van der Waals surface area contributed by atoms with Crippen LogP contribution in [0, 0.1) is 0 Å². The number of ether oxygens (including phenoxy) is 3. The van der Waals surface area contributed by atoms with Crippen LogP contribution in [0.1, 0.15) is 42.1 Å². The van der Waals surface area contributed by atoms with Gasteiger partial charge in [-0.3, -0.25) is 4.79 Å². The molecule has 2 aromatic rings. The molecule has 0 radical (unpaired) electrons. The van der Waals surface area contributed by atoms with Gasteiger partial charge < -0.3 is 14.2 Å². The largest absolute Gasteiger partial charge is 0.493 e. The monoisotopic (exact) mass is 370 g/mol. The third kappa shape index (κ3) is 5.23. The van der Waals surface area contributed by atoms with Gasteiger partial charge in [0.25, 0.3) is 5.91 Å². The Morgan fingerprint density at radius 3 is 2.11 bits per heavy atom. The number of hydrogen-bond acceptors (Lipinski definition) is 5. The van der Waals surface area contributed by atoms with Crippen LogP contribution in [0.25, 0.3) is 0 Å². The lowest BCUT2D eigenvalue weighted by Gasteiger charge is -2.13. The summed E-state index contributed by atoms with van der Waals surface area (Å²) in [5.74, 6) is 0.924. The summed E-state index contributed by atoms with van der Waals surface area (Å²) in [6.07, 6.45) is 2.83. The van der Waals surface area contributed by atoms with Gasteiger partial charge in [0.1, 0.15) is 0 Å². The van der Waals surface area contributed by atoms with E-state index in [1.54, 1.807) is 12.1 Å². The van der Waals surface area contributed by atoms with Crippen molar-refractivity contribution in [1.82, 2.24) is 5.43 Å². The minimum absolute atomic E-state index is 0.348. The zero-order chi connectivity index (χ0) is 19.6. The van der Waals surface area contributed by atoms with E-state index in [0.29, 0.717) is 22.8 Å². The van der Waals surface area contributed by atoms with Gasteiger partial charge in [0.2, 0.25) is 5.75 Å². The Bertz CT molecular complexity index is 763. The molecule has 6 heteroatoms. The summed E-state index contributed by atoms with van der Waals surface area (Å²) < 4.78 is 15.9. The SMILES string of the molecule is CCCC/C(=N/NC(=O)c1cc(OC)c(OC)c(OC)c1)c1ccccc1. The molecule has 1 amide bonds. The van der Waals surface area contributed by atoms with E-state index in [9.17, 15) is 4.79 Å². The maximum atomic E-state index is 12.6. The molecule has 0 unspecified atom stereocenters. The molecule has 2 aromatic carbocycles. The fourth-order valence-electron chi connectivity index (χ4n) is 2.63. The van der Waals surface area contributed by atoms with E-state index in [0.717, 1.165) is 30.5 Å². The Labute approximate surface area is 160 Å². The molecule has 1 N–H and O–H groups in total. The molecule has 144 valence electrons. The number of unbranched alkanes of at least 4 members (excludes halogenated alkanes) is 1. The van der Waals surface area contributed by atoms with Crippen LogP contribution in [-0.4, -0.2) is 32.9 Å². The van der Waals surface area contributed by atoms with Crippen molar-refractivity contribution in [2.45, 2.75) is 26.2 Å². The van der Waals surface area contributed by atoms with Crippen LogP contribution in [0.15, 0.2) is 47.6 Å². The van der Waals surface area contributed by atoms with Gasteiger partial charge in [0.15, 0.2) is 11.5 Å². The quantitative estimate of drug-likeness (QED) is 0.534. The first-order chi connectivity index (χ1) is 13.1. The van der Waals surface area contributed by atoms with Crippen LogP contribution < -0.4 is 19.6 Å². The van der Waals surface area contributed by atoms with Crippen molar-refractivity contribution in [2.24, 2.45) is 5.10 Å². The van der Waals surface area contributed by atoms with E-state index in [1.165, 1.54) is 21.3 Å². The zero-order valence-electron chi connectivity index (χ0n) is 16.2. The molecular formula is C21H26N2O4. The van der Waals surface area contributed by atoms with Crippen molar-refractivity contribution in [3.63, 3.8) is 0 Å². The molecule has 2 rings (SSSR count). The van der Waals surface area contributed by atoms with Crippen molar-refractivity contribution >= 4 is 11.6 Å². The maximum Gasteiger partial charge on any atom is 0.271 e. The predicted molar refractivity (Wildman–Crippen MR) is 106 cm³/mol. The highest BCUT2D eigenvalue weighted by Gasteiger charge is 2.17. The summed E-state index contributed by atoms with van der Waals surface area (Å²) in [6.45, 7) is 2.12. The molecule has 0 aliphatic heterocycles. The highest BCUT2D eigenvalue weighted by molar-refractivity contribution is 6.02. The van der Waals surface area contributed by atoms with Crippen molar-refractivity contribution in [3.8, 4) is 17.2 Å². The molecule has 0 heterocycles. The first-order valence-corrected chi connectivity index (χ1v) is 8.86. The van der Waals surface area contributed by atoms with E-state index in [2.05, 4.69) is 17.5 Å². The van der Waals surface area contributed by atoms with Crippen molar-refractivity contribution < 1.29 is 19.0 Å². The minimum Gasteiger partial charge on any atom is -0.493 e. The predicted octanol–water partition coefficient (Wildman–Crippen LogP) is 4.04. The Morgan fingerprint density at radius 2 is 1.59 bits per heavy atom. The summed E-state index contributed by atoms with van der Waals surface area (Å²) in [5.41, 5.74) is 4.86. The van der Waals surface area contributed by atoms with Gasteiger partial charge in [0, 0.05) is 5.56 Å². The Hall–Kier alpha value is -3.02. The molecule has 6 nitrogen and oxygen atoms in total. The van der Waals surface area contributed by atoms with Crippen LogP contribution in [0.4, 0.5) is 0 Å². The van der Waals surface area contributed by atoms with Crippen molar-refractivity contribution in [1.29, 1.82) is 0 Å². The molecule has 27 heavy (non-hydrogen) atoms. The average molecular weight is 370 g/mol. The molecule has 0 aliphatic rings. The minimum atomic E-state index is -0.348. The first-order valence-electron chi connectivity index (χ1n) is 8.86. The van der Waals surface area contributed by atoms with Gasteiger partial charge in [-0.1, -0.05) is 43.7 Å². The Morgan fingerprint density at radius 1 is 0.963 bits per heavy atom. The fraction of sp³-hybridized carbons (Fsp3) is 0.333. The van der Waals surface area contributed by atoms with Gasteiger partial charge >= 0.3 is 0 Å². The first kappa shape index (κ1) is 20.3. The summed E-state index contributed by atoms with van der Waals surface area (Å²) in [6, 6.07) is 13.0. The highest BCUT2D eigenvalue weighted by atomic mass is 16.5. The number of nitrogens with zero attached hydrogens (tertiary/aromatic N) is 1. The molecular weight excluding hydrogens is 344 g/mol. The van der Waals surface area contributed by atoms with Crippen LogP contribution in [0.5, 0.6) is 17.2 Å². The number of amides is 1. The molecule has 0 saturated heterocycles. The van der Waals surface area contributed by atoms with E-state index in [4.69, 9.17) is 14.2 Å². The Balaban J connectivity index is 2.27. The molecule has 0 fully saturated rings. The van der Waals surface area contributed by atoms with Crippen LogP contribution in [0.3, 0.4) is 0 Å². The summed E-state index contributed by atoms with van der Waals surface area (Å²) >= 11 is 0. The molecule has 0 atom stereocenters. The van der Waals surface area contributed by atoms with Gasteiger partial charge in [0.05, 0.1) is 27.0 Å². The number of nitrogens with one attached hydrogen (secondary N) is 1. The van der Waals surface area contributed by atoms with Crippen molar-refractivity contribution in [3.05, 3.63) is 53.6 Å². The van der Waals surface area contributed by atoms with Gasteiger partial charge in [-0.25, -0.2) is 5.43 Å². The average Bonchev–Trinajstić information content (AvgIpc) is 2.72. The third-order valence-corrected chi connectivity index (χ3v) is 4.09.